The zero-order valence-electron chi connectivity index (χ0n) is 10.8. The molecule has 0 amide bonds. The van der Waals surface area contributed by atoms with E-state index < -0.39 is 5.60 Å². The van der Waals surface area contributed by atoms with Crippen molar-refractivity contribution < 1.29 is 19.0 Å². The van der Waals surface area contributed by atoms with Crippen molar-refractivity contribution in [3.8, 4) is 0 Å². The predicted molar refractivity (Wildman–Crippen MR) is 62.6 cm³/mol. The molecule has 0 radical (unpaired) electrons. The van der Waals surface area contributed by atoms with Crippen LogP contribution in [0.3, 0.4) is 0 Å². The molecule has 0 aromatic rings. The van der Waals surface area contributed by atoms with Gasteiger partial charge in [0.25, 0.3) is 0 Å². The Balaban J connectivity index is 3.44. The smallest absolute Gasteiger partial charge is 0.151 e. The molecule has 1 atom stereocenters. The third-order valence-electron chi connectivity index (χ3n) is 1.86. The molecule has 0 saturated carbocycles. The maximum Gasteiger partial charge on any atom is 0.151 e. The Morgan fingerprint density at radius 2 is 1.81 bits per heavy atom. The average Bonchev–Trinajstić information content (AvgIpc) is 2.22. The SMILES string of the molecule is CCCOCCOCC(C)OC(C)(C)C=O. The summed E-state index contributed by atoms with van der Waals surface area (Å²) in [6.07, 6.45) is 1.73. The first-order valence-corrected chi connectivity index (χ1v) is 5.81. The molecule has 96 valence electrons. The van der Waals surface area contributed by atoms with Gasteiger partial charge in [0.2, 0.25) is 0 Å². The fourth-order valence-corrected chi connectivity index (χ4v) is 1.19. The van der Waals surface area contributed by atoms with E-state index in [4.69, 9.17) is 14.2 Å². The van der Waals surface area contributed by atoms with Crippen LogP contribution in [0.1, 0.15) is 34.1 Å². The zero-order chi connectivity index (χ0) is 12.4. The molecule has 0 N–H and O–H groups in total. The van der Waals surface area contributed by atoms with Crippen LogP contribution in [0, 0.1) is 0 Å². The number of ether oxygens (including phenoxy) is 3. The van der Waals surface area contributed by atoms with Gasteiger partial charge in [-0.2, -0.15) is 0 Å². The van der Waals surface area contributed by atoms with E-state index in [1.165, 1.54) is 0 Å². The normalized spacial score (nSPS) is 13.8. The highest BCUT2D eigenvalue weighted by molar-refractivity contribution is 5.60. The van der Waals surface area contributed by atoms with Gasteiger partial charge in [0, 0.05) is 6.61 Å². The van der Waals surface area contributed by atoms with E-state index in [9.17, 15) is 4.79 Å². The maximum atomic E-state index is 10.6. The van der Waals surface area contributed by atoms with Gasteiger partial charge in [0.05, 0.1) is 25.9 Å². The molecule has 1 unspecified atom stereocenters. The number of aldehydes is 1. The molecule has 4 nitrogen and oxygen atoms in total. The molecule has 0 saturated heterocycles. The largest absolute Gasteiger partial charge is 0.379 e. The molecule has 0 aliphatic carbocycles. The van der Waals surface area contributed by atoms with Crippen LogP contribution in [0.2, 0.25) is 0 Å². The summed E-state index contributed by atoms with van der Waals surface area (Å²) in [6, 6.07) is 0. The van der Waals surface area contributed by atoms with Gasteiger partial charge in [-0.1, -0.05) is 6.92 Å². The minimum absolute atomic E-state index is 0.0913. The second-order valence-electron chi connectivity index (χ2n) is 4.34. The third-order valence-corrected chi connectivity index (χ3v) is 1.86. The Kier molecular flexibility index (Phi) is 8.43. The molecular weight excluding hydrogens is 208 g/mol. The molecule has 0 aromatic heterocycles. The van der Waals surface area contributed by atoms with E-state index in [1.54, 1.807) is 13.8 Å². The summed E-state index contributed by atoms with van der Waals surface area (Å²) in [5.41, 5.74) is -0.735. The third kappa shape index (κ3) is 8.83. The maximum absolute atomic E-state index is 10.6. The van der Waals surface area contributed by atoms with Gasteiger partial charge in [0.1, 0.15) is 5.60 Å². The number of rotatable bonds is 10. The lowest BCUT2D eigenvalue weighted by Gasteiger charge is -2.23. The van der Waals surface area contributed by atoms with Crippen molar-refractivity contribution in [2.75, 3.05) is 26.4 Å². The van der Waals surface area contributed by atoms with Crippen molar-refractivity contribution in [1.29, 1.82) is 0 Å². The highest BCUT2D eigenvalue weighted by atomic mass is 16.6. The van der Waals surface area contributed by atoms with Crippen LogP contribution >= 0.6 is 0 Å². The van der Waals surface area contributed by atoms with Crippen LogP contribution in [-0.2, 0) is 19.0 Å². The van der Waals surface area contributed by atoms with Gasteiger partial charge < -0.3 is 19.0 Å². The van der Waals surface area contributed by atoms with Crippen molar-refractivity contribution in [2.24, 2.45) is 0 Å². The minimum atomic E-state index is -0.735. The second kappa shape index (κ2) is 8.67. The molecule has 0 rings (SSSR count). The lowest BCUT2D eigenvalue weighted by Crippen LogP contribution is -2.33. The van der Waals surface area contributed by atoms with E-state index in [0.29, 0.717) is 19.8 Å². The Morgan fingerprint density at radius 3 is 2.38 bits per heavy atom. The Morgan fingerprint density at radius 1 is 1.19 bits per heavy atom. The lowest BCUT2D eigenvalue weighted by molar-refractivity contribution is -0.138. The number of hydrogen-bond donors (Lipinski definition) is 0. The quantitative estimate of drug-likeness (QED) is 0.425. The summed E-state index contributed by atoms with van der Waals surface area (Å²) in [5, 5.41) is 0. The summed E-state index contributed by atoms with van der Waals surface area (Å²) in [7, 11) is 0. The zero-order valence-corrected chi connectivity index (χ0v) is 10.8. The molecule has 0 bridgehead atoms. The van der Waals surface area contributed by atoms with Gasteiger partial charge in [-0.15, -0.1) is 0 Å². The van der Waals surface area contributed by atoms with Gasteiger partial charge in [-0.25, -0.2) is 0 Å². The van der Waals surface area contributed by atoms with Gasteiger partial charge >= 0.3 is 0 Å². The fourth-order valence-electron chi connectivity index (χ4n) is 1.19. The van der Waals surface area contributed by atoms with Crippen LogP contribution in [0.25, 0.3) is 0 Å². The van der Waals surface area contributed by atoms with Gasteiger partial charge in [0.15, 0.2) is 6.29 Å². The van der Waals surface area contributed by atoms with E-state index in [1.807, 2.05) is 6.92 Å². The number of carbonyl (C=O) groups is 1. The summed E-state index contributed by atoms with van der Waals surface area (Å²) in [5.74, 6) is 0. The molecule has 16 heavy (non-hydrogen) atoms. The molecule has 0 aromatic carbocycles. The highest BCUT2D eigenvalue weighted by Crippen LogP contribution is 2.08. The first kappa shape index (κ1) is 15.6. The topological polar surface area (TPSA) is 44.8 Å². The monoisotopic (exact) mass is 232 g/mol. The molecule has 0 fully saturated rings. The summed E-state index contributed by atoms with van der Waals surface area (Å²) in [4.78, 5) is 10.6. The molecular formula is C12H24O4. The lowest BCUT2D eigenvalue weighted by atomic mass is 10.2. The average molecular weight is 232 g/mol. The number of carbonyl (C=O) groups excluding carboxylic acids is 1. The highest BCUT2D eigenvalue weighted by Gasteiger charge is 2.20. The van der Waals surface area contributed by atoms with Gasteiger partial charge in [-0.05, 0) is 27.2 Å². The summed E-state index contributed by atoms with van der Waals surface area (Å²) < 4.78 is 16.1. The Labute approximate surface area is 98.3 Å². The summed E-state index contributed by atoms with van der Waals surface area (Å²) >= 11 is 0. The van der Waals surface area contributed by atoms with Crippen LogP contribution in [0.5, 0.6) is 0 Å². The molecule has 0 aliphatic heterocycles. The van der Waals surface area contributed by atoms with Crippen LogP contribution < -0.4 is 0 Å². The Hall–Kier alpha value is -0.450. The molecule has 0 aliphatic rings. The van der Waals surface area contributed by atoms with Crippen LogP contribution in [0.4, 0.5) is 0 Å². The molecule has 0 heterocycles. The standard InChI is InChI=1S/C12H24O4/c1-5-6-14-7-8-15-9-11(2)16-12(3,4)10-13/h10-11H,5-9H2,1-4H3. The number of hydrogen-bond acceptors (Lipinski definition) is 4. The predicted octanol–water partition coefficient (Wildman–Crippen LogP) is 1.81. The summed E-state index contributed by atoms with van der Waals surface area (Å²) in [6.45, 7) is 9.85. The minimum Gasteiger partial charge on any atom is -0.379 e. The van der Waals surface area contributed by atoms with Crippen molar-refractivity contribution in [2.45, 2.75) is 45.8 Å². The molecule has 4 heteroatoms. The Bertz CT molecular complexity index is 180. The van der Waals surface area contributed by atoms with Crippen LogP contribution in [0.15, 0.2) is 0 Å². The van der Waals surface area contributed by atoms with Crippen molar-refractivity contribution >= 4 is 6.29 Å². The van der Waals surface area contributed by atoms with Crippen molar-refractivity contribution in [3.05, 3.63) is 0 Å². The van der Waals surface area contributed by atoms with Crippen LogP contribution in [-0.4, -0.2) is 44.4 Å². The fraction of sp³-hybridized carbons (Fsp3) is 0.917. The van der Waals surface area contributed by atoms with E-state index in [0.717, 1.165) is 19.3 Å². The second-order valence-corrected chi connectivity index (χ2v) is 4.34. The van der Waals surface area contributed by atoms with E-state index >= 15 is 0 Å². The van der Waals surface area contributed by atoms with E-state index in [-0.39, 0.29) is 6.10 Å². The van der Waals surface area contributed by atoms with Gasteiger partial charge in [-0.3, -0.25) is 0 Å². The molecule has 0 spiro atoms. The van der Waals surface area contributed by atoms with E-state index in [2.05, 4.69) is 6.92 Å². The van der Waals surface area contributed by atoms with Crippen molar-refractivity contribution in [3.63, 3.8) is 0 Å². The van der Waals surface area contributed by atoms with Crippen molar-refractivity contribution in [1.82, 2.24) is 0 Å². The first-order valence-electron chi connectivity index (χ1n) is 5.81. The first-order chi connectivity index (χ1) is 7.52.